The maximum absolute atomic E-state index is 13.1. The summed E-state index contributed by atoms with van der Waals surface area (Å²) < 4.78 is 1.90. The lowest BCUT2D eigenvalue weighted by atomic mass is 10.0. The third-order valence-corrected chi connectivity index (χ3v) is 7.54. The zero-order chi connectivity index (χ0) is 20.0. The summed E-state index contributed by atoms with van der Waals surface area (Å²) in [5, 5.41) is 2.12. The fraction of sp³-hybridized carbons (Fsp3) is 0.455. The summed E-state index contributed by atoms with van der Waals surface area (Å²) in [7, 11) is 0. The highest BCUT2D eigenvalue weighted by molar-refractivity contribution is 7.10. The molecule has 5 rings (SSSR count). The molecule has 1 aromatic carbocycles. The van der Waals surface area contributed by atoms with Crippen LogP contribution in [0.4, 0.5) is 0 Å². The number of aromatic nitrogens is 2. The second-order valence-corrected chi connectivity index (χ2v) is 9.14. The van der Waals surface area contributed by atoms with Gasteiger partial charge in [-0.05, 0) is 55.3 Å². The molecule has 0 saturated carbocycles. The Kier molecular flexibility index (Phi) is 4.80. The molecule has 1 fully saturated rings. The average Bonchev–Trinajstić information content (AvgIpc) is 3.35. The summed E-state index contributed by atoms with van der Waals surface area (Å²) in [5.74, 6) is 0.226. The Labute approximate surface area is 173 Å². The Morgan fingerprint density at radius 3 is 2.79 bits per heavy atom. The number of rotatable bonds is 3. The van der Waals surface area contributed by atoms with E-state index in [9.17, 15) is 9.59 Å². The van der Waals surface area contributed by atoms with Crippen LogP contribution in [-0.2, 0) is 17.8 Å². The number of fused-ring (bicyclic) bond motifs is 2. The van der Waals surface area contributed by atoms with E-state index in [2.05, 4.69) is 21.3 Å². The molecule has 1 saturated heterocycles. The number of para-hydroxylation sites is 2. The molecule has 2 aliphatic heterocycles. The van der Waals surface area contributed by atoms with Crippen molar-refractivity contribution < 1.29 is 4.79 Å². The maximum atomic E-state index is 13.1. The zero-order valence-corrected chi connectivity index (χ0v) is 17.5. The number of amides is 1. The van der Waals surface area contributed by atoms with Crippen molar-refractivity contribution in [1.82, 2.24) is 19.4 Å². The number of piperidine rings is 1. The van der Waals surface area contributed by atoms with Gasteiger partial charge in [-0.1, -0.05) is 12.1 Å². The molecule has 1 atom stereocenters. The maximum Gasteiger partial charge on any atom is 0.326 e. The van der Waals surface area contributed by atoms with Crippen molar-refractivity contribution in [2.24, 2.45) is 0 Å². The highest BCUT2D eigenvalue weighted by Gasteiger charge is 2.32. The monoisotopic (exact) mass is 410 g/mol. The fourth-order valence-corrected chi connectivity index (χ4v) is 5.71. The molecule has 1 amide bonds. The number of H-pyrrole nitrogens is 1. The number of thiophene rings is 1. The minimum Gasteiger partial charge on any atom is -0.337 e. The molecule has 1 N–H and O–H groups in total. The van der Waals surface area contributed by atoms with Crippen LogP contribution in [0.3, 0.4) is 0 Å². The first kappa shape index (κ1) is 18.6. The quantitative estimate of drug-likeness (QED) is 0.722. The van der Waals surface area contributed by atoms with Gasteiger partial charge in [-0.2, -0.15) is 0 Å². The van der Waals surface area contributed by atoms with Gasteiger partial charge in [-0.15, -0.1) is 11.3 Å². The van der Waals surface area contributed by atoms with E-state index >= 15 is 0 Å². The van der Waals surface area contributed by atoms with E-state index < -0.39 is 0 Å². The second-order valence-electron chi connectivity index (χ2n) is 8.14. The number of carbonyl (C=O) groups excluding carboxylic acids is 1. The van der Waals surface area contributed by atoms with Crippen LogP contribution >= 0.6 is 11.3 Å². The summed E-state index contributed by atoms with van der Waals surface area (Å²) >= 11 is 1.80. The van der Waals surface area contributed by atoms with Gasteiger partial charge < -0.3 is 9.88 Å². The van der Waals surface area contributed by atoms with Crippen molar-refractivity contribution in [2.75, 3.05) is 19.6 Å². The lowest BCUT2D eigenvalue weighted by molar-refractivity contribution is -0.137. The van der Waals surface area contributed by atoms with Crippen LogP contribution in [0.1, 0.15) is 36.2 Å². The SMILES string of the molecule is CC(C(=O)N1CCc2sccc2C1)N1CCC(n2c(=O)[nH]c3ccccc32)CC1. The predicted molar refractivity (Wildman–Crippen MR) is 115 cm³/mol. The number of benzene rings is 1. The summed E-state index contributed by atoms with van der Waals surface area (Å²) in [6.45, 7) is 5.26. The highest BCUT2D eigenvalue weighted by atomic mass is 32.1. The second kappa shape index (κ2) is 7.46. The first-order valence-electron chi connectivity index (χ1n) is 10.4. The van der Waals surface area contributed by atoms with E-state index in [1.807, 2.05) is 40.7 Å². The molecule has 3 aromatic rings. The van der Waals surface area contributed by atoms with Crippen LogP contribution in [0.5, 0.6) is 0 Å². The Morgan fingerprint density at radius 2 is 1.97 bits per heavy atom. The lowest BCUT2D eigenvalue weighted by Gasteiger charge is -2.38. The van der Waals surface area contributed by atoms with Crippen molar-refractivity contribution in [3.8, 4) is 0 Å². The van der Waals surface area contributed by atoms with Crippen molar-refractivity contribution in [3.05, 3.63) is 56.6 Å². The zero-order valence-electron chi connectivity index (χ0n) is 16.6. The molecule has 2 aromatic heterocycles. The van der Waals surface area contributed by atoms with Crippen LogP contribution in [0.25, 0.3) is 11.0 Å². The van der Waals surface area contributed by atoms with Crippen LogP contribution in [0.15, 0.2) is 40.5 Å². The summed E-state index contributed by atoms with van der Waals surface area (Å²) in [6, 6.07) is 10.1. The molecular formula is C22H26N4O2S. The van der Waals surface area contributed by atoms with Gasteiger partial charge in [-0.25, -0.2) is 4.79 Å². The molecule has 152 valence electrons. The highest BCUT2D eigenvalue weighted by Crippen LogP contribution is 2.28. The van der Waals surface area contributed by atoms with Crippen LogP contribution < -0.4 is 5.69 Å². The van der Waals surface area contributed by atoms with E-state index in [0.717, 1.165) is 56.5 Å². The van der Waals surface area contributed by atoms with E-state index in [-0.39, 0.29) is 23.7 Å². The molecular weight excluding hydrogens is 384 g/mol. The average molecular weight is 411 g/mol. The van der Waals surface area contributed by atoms with Gasteiger partial charge in [0.25, 0.3) is 0 Å². The number of nitrogens with zero attached hydrogens (tertiary/aromatic N) is 3. The van der Waals surface area contributed by atoms with Crippen molar-refractivity contribution in [3.63, 3.8) is 0 Å². The number of hydrogen-bond acceptors (Lipinski definition) is 4. The van der Waals surface area contributed by atoms with Crippen molar-refractivity contribution >= 4 is 28.3 Å². The van der Waals surface area contributed by atoms with Crippen molar-refractivity contribution in [2.45, 2.75) is 44.8 Å². The van der Waals surface area contributed by atoms with Gasteiger partial charge >= 0.3 is 5.69 Å². The number of aromatic amines is 1. The van der Waals surface area contributed by atoms with Crippen LogP contribution in [0, 0.1) is 0 Å². The molecule has 29 heavy (non-hydrogen) atoms. The van der Waals surface area contributed by atoms with Gasteiger partial charge in [0, 0.05) is 37.1 Å². The first-order valence-corrected chi connectivity index (χ1v) is 11.3. The summed E-state index contributed by atoms with van der Waals surface area (Å²) in [6.07, 6.45) is 2.74. The number of imidazole rings is 1. The Balaban J connectivity index is 1.25. The number of likely N-dealkylation sites (tertiary alicyclic amines) is 1. The first-order chi connectivity index (χ1) is 14.1. The molecule has 4 heterocycles. The van der Waals surface area contributed by atoms with Crippen LogP contribution in [-0.4, -0.2) is 50.9 Å². The molecule has 0 radical (unpaired) electrons. The molecule has 6 nitrogen and oxygen atoms in total. The largest absolute Gasteiger partial charge is 0.337 e. The van der Waals surface area contributed by atoms with Gasteiger partial charge in [0.05, 0.1) is 17.1 Å². The normalized spacial score (nSPS) is 19.4. The van der Waals surface area contributed by atoms with Crippen molar-refractivity contribution in [1.29, 1.82) is 0 Å². The third-order valence-electron chi connectivity index (χ3n) is 6.51. The van der Waals surface area contributed by atoms with Gasteiger partial charge in [0.2, 0.25) is 5.91 Å². The summed E-state index contributed by atoms with van der Waals surface area (Å²) in [5.41, 5.74) is 3.13. The molecule has 0 bridgehead atoms. The topological polar surface area (TPSA) is 61.3 Å². The lowest BCUT2D eigenvalue weighted by Crippen LogP contribution is -2.51. The Morgan fingerprint density at radius 1 is 1.17 bits per heavy atom. The Hall–Kier alpha value is -2.38. The minimum atomic E-state index is -0.115. The fourth-order valence-electron chi connectivity index (χ4n) is 4.83. The molecule has 7 heteroatoms. The summed E-state index contributed by atoms with van der Waals surface area (Å²) in [4.78, 5) is 34.2. The predicted octanol–water partition coefficient (Wildman–Crippen LogP) is 3.00. The third kappa shape index (κ3) is 3.32. The molecule has 2 aliphatic rings. The number of carbonyl (C=O) groups is 1. The van der Waals surface area contributed by atoms with Gasteiger partial charge in [0.15, 0.2) is 0 Å². The molecule has 0 aliphatic carbocycles. The van der Waals surface area contributed by atoms with E-state index in [4.69, 9.17) is 0 Å². The standard InChI is InChI=1S/C22H26N4O2S/c1-15(21(27)25-12-8-20-16(14-25)9-13-29-20)24-10-6-17(7-11-24)26-19-5-3-2-4-18(19)23-22(26)28/h2-5,9,13,15,17H,6-8,10-12,14H2,1H3,(H,23,28). The number of hydrogen-bond donors (Lipinski definition) is 1. The number of nitrogens with one attached hydrogen (secondary N) is 1. The van der Waals surface area contributed by atoms with E-state index in [1.54, 1.807) is 11.3 Å². The van der Waals surface area contributed by atoms with Gasteiger partial charge in [0.1, 0.15) is 0 Å². The molecule has 0 spiro atoms. The molecule has 1 unspecified atom stereocenters. The van der Waals surface area contributed by atoms with Crippen LogP contribution in [0.2, 0.25) is 0 Å². The smallest absolute Gasteiger partial charge is 0.326 e. The van der Waals surface area contributed by atoms with Gasteiger partial charge in [-0.3, -0.25) is 14.3 Å². The van der Waals surface area contributed by atoms with E-state index in [0.29, 0.717) is 0 Å². The Bertz CT molecular complexity index is 1090. The van der Waals surface area contributed by atoms with E-state index in [1.165, 1.54) is 10.4 Å². The minimum absolute atomic E-state index is 0.0336.